The minimum Gasteiger partial charge on any atom is -0.393 e. The Bertz CT molecular complexity index is 374. The highest BCUT2D eigenvalue weighted by Crippen LogP contribution is 2.25. The molecule has 0 saturated carbocycles. The van der Waals surface area contributed by atoms with Gasteiger partial charge in [-0.25, -0.2) is 0 Å². The molecule has 0 unspecified atom stereocenters. The van der Waals surface area contributed by atoms with E-state index in [4.69, 9.17) is 11.1 Å². The largest absolute Gasteiger partial charge is 0.393 e. The molecule has 1 rings (SSSR count). The summed E-state index contributed by atoms with van der Waals surface area (Å²) in [5, 5.41) is 17.5. The predicted molar refractivity (Wildman–Crippen MR) is 50.1 cm³/mol. The van der Waals surface area contributed by atoms with E-state index in [9.17, 15) is 10.1 Å². The van der Waals surface area contributed by atoms with Crippen LogP contribution < -0.4 is 5.73 Å². The van der Waals surface area contributed by atoms with Gasteiger partial charge in [-0.3, -0.25) is 10.1 Å². The van der Waals surface area contributed by atoms with Gasteiger partial charge in [0.15, 0.2) is 0 Å². The van der Waals surface area contributed by atoms with Crippen molar-refractivity contribution < 1.29 is 4.92 Å². The Labute approximate surface area is 74.8 Å². The summed E-state index contributed by atoms with van der Waals surface area (Å²) in [6.07, 6.45) is 1.01. The normalized spacial score (nSPS) is 9.62. The number of aryl methyl sites for hydroxylation is 1. The SMILES string of the molecule is Cc1cc(C=N)c(N)c([N+](=O)[O-])c1. The lowest BCUT2D eigenvalue weighted by Crippen LogP contribution is -2.00. The Hall–Kier alpha value is -1.91. The zero-order chi connectivity index (χ0) is 10.0. The quantitative estimate of drug-likeness (QED) is 0.311. The van der Waals surface area contributed by atoms with Crippen molar-refractivity contribution >= 4 is 17.6 Å². The number of rotatable bonds is 2. The van der Waals surface area contributed by atoms with E-state index < -0.39 is 4.92 Å². The molecule has 13 heavy (non-hydrogen) atoms. The molecule has 0 atom stereocenters. The summed E-state index contributed by atoms with van der Waals surface area (Å²) in [6, 6.07) is 3.03. The molecule has 3 N–H and O–H groups in total. The smallest absolute Gasteiger partial charge is 0.293 e. The van der Waals surface area contributed by atoms with Crippen molar-refractivity contribution in [1.29, 1.82) is 5.41 Å². The Morgan fingerprint density at radius 2 is 2.23 bits per heavy atom. The maximum Gasteiger partial charge on any atom is 0.293 e. The van der Waals surface area contributed by atoms with Crippen LogP contribution in [0.15, 0.2) is 12.1 Å². The molecule has 1 aromatic carbocycles. The second kappa shape index (κ2) is 3.22. The van der Waals surface area contributed by atoms with Gasteiger partial charge in [0, 0.05) is 17.8 Å². The highest BCUT2D eigenvalue weighted by molar-refractivity contribution is 5.88. The van der Waals surface area contributed by atoms with Gasteiger partial charge in [-0.1, -0.05) is 0 Å². The maximum atomic E-state index is 10.5. The Balaban J connectivity index is 3.44. The maximum absolute atomic E-state index is 10.5. The third-order valence-electron chi connectivity index (χ3n) is 1.69. The van der Waals surface area contributed by atoms with Crippen molar-refractivity contribution in [2.24, 2.45) is 0 Å². The second-order valence-corrected chi connectivity index (χ2v) is 2.69. The molecule has 0 heterocycles. The molecular formula is C8H9N3O2. The van der Waals surface area contributed by atoms with Crippen LogP contribution in [0.2, 0.25) is 0 Å². The van der Waals surface area contributed by atoms with Gasteiger partial charge in [0.25, 0.3) is 5.69 Å². The van der Waals surface area contributed by atoms with Gasteiger partial charge in [-0.05, 0) is 18.6 Å². The number of hydrogen-bond acceptors (Lipinski definition) is 4. The molecule has 0 amide bonds. The first-order chi connectivity index (χ1) is 6.06. The van der Waals surface area contributed by atoms with Crippen LogP contribution in [0.1, 0.15) is 11.1 Å². The standard InChI is InChI=1S/C8H9N3O2/c1-5-2-6(4-9)8(10)7(3-5)11(12)13/h2-4,9H,10H2,1H3. The van der Waals surface area contributed by atoms with E-state index in [0.29, 0.717) is 5.56 Å². The van der Waals surface area contributed by atoms with E-state index >= 15 is 0 Å². The van der Waals surface area contributed by atoms with Crippen LogP contribution in [-0.2, 0) is 0 Å². The molecule has 0 aliphatic carbocycles. The summed E-state index contributed by atoms with van der Waals surface area (Å²) < 4.78 is 0. The summed E-state index contributed by atoms with van der Waals surface area (Å²) in [5.41, 5.74) is 6.48. The van der Waals surface area contributed by atoms with Crippen LogP contribution in [-0.4, -0.2) is 11.1 Å². The van der Waals surface area contributed by atoms with Gasteiger partial charge in [0.1, 0.15) is 5.69 Å². The third kappa shape index (κ3) is 1.64. The molecule has 5 heteroatoms. The van der Waals surface area contributed by atoms with E-state index in [-0.39, 0.29) is 11.4 Å². The molecule has 0 bridgehead atoms. The number of nitro benzene ring substituents is 1. The van der Waals surface area contributed by atoms with E-state index in [1.165, 1.54) is 6.07 Å². The zero-order valence-corrected chi connectivity index (χ0v) is 7.07. The van der Waals surface area contributed by atoms with Crippen LogP contribution in [0.3, 0.4) is 0 Å². The van der Waals surface area contributed by atoms with Crippen LogP contribution in [0.5, 0.6) is 0 Å². The number of nitrogens with one attached hydrogen (secondary N) is 1. The van der Waals surface area contributed by atoms with Crippen molar-refractivity contribution in [1.82, 2.24) is 0 Å². The minimum absolute atomic E-state index is 0.0469. The highest BCUT2D eigenvalue weighted by atomic mass is 16.6. The van der Waals surface area contributed by atoms with Crippen molar-refractivity contribution in [3.63, 3.8) is 0 Å². The highest BCUT2D eigenvalue weighted by Gasteiger charge is 2.14. The van der Waals surface area contributed by atoms with Crippen LogP contribution in [0.4, 0.5) is 11.4 Å². The molecule has 68 valence electrons. The van der Waals surface area contributed by atoms with Crippen LogP contribution >= 0.6 is 0 Å². The van der Waals surface area contributed by atoms with E-state index in [2.05, 4.69) is 0 Å². The number of hydrogen-bond donors (Lipinski definition) is 2. The van der Waals surface area contributed by atoms with Gasteiger partial charge in [0.2, 0.25) is 0 Å². The summed E-state index contributed by atoms with van der Waals surface area (Å²) in [6.45, 7) is 1.72. The van der Waals surface area contributed by atoms with Gasteiger partial charge >= 0.3 is 0 Å². The van der Waals surface area contributed by atoms with Crippen LogP contribution in [0.25, 0.3) is 0 Å². The molecule has 0 fully saturated rings. The summed E-state index contributed by atoms with van der Waals surface area (Å²) in [5.74, 6) is 0. The molecule has 0 aliphatic heterocycles. The third-order valence-corrected chi connectivity index (χ3v) is 1.69. The molecule has 1 aromatic rings. The Morgan fingerprint density at radius 1 is 1.62 bits per heavy atom. The fourth-order valence-corrected chi connectivity index (χ4v) is 1.08. The second-order valence-electron chi connectivity index (χ2n) is 2.69. The van der Waals surface area contributed by atoms with Gasteiger partial charge in [-0.15, -0.1) is 0 Å². The Kier molecular flexibility index (Phi) is 2.27. The first-order valence-electron chi connectivity index (χ1n) is 3.61. The van der Waals surface area contributed by atoms with E-state index in [0.717, 1.165) is 11.8 Å². The fourth-order valence-electron chi connectivity index (χ4n) is 1.08. The average Bonchev–Trinajstić information content (AvgIpc) is 2.08. The predicted octanol–water partition coefficient (Wildman–Crippen LogP) is 1.48. The van der Waals surface area contributed by atoms with Crippen molar-refractivity contribution in [3.05, 3.63) is 33.4 Å². The van der Waals surface area contributed by atoms with Crippen molar-refractivity contribution in [2.75, 3.05) is 5.73 Å². The topological polar surface area (TPSA) is 93.0 Å². The molecule has 0 spiro atoms. The first-order valence-corrected chi connectivity index (χ1v) is 3.61. The average molecular weight is 179 g/mol. The number of anilines is 1. The molecule has 5 nitrogen and oxygen atoms in total. The molecule has 0 saturated heterocycles. The van der Waals surface area contributed by atoms with Gasteiger partial charge < -0.3 is 11.1 Å². The Morgan fingerprint density at radius 3 is 2.69 bits per heavy atom. The first kappa shape index (κ1) is 9.18. The molecule has 0 radical (unpaired) electrons. The van der Waals surface area contributed by atoms with Crippen molar-refractivity contribution in [2.45, 2.75) is 6.92 Å². The number of nitrogen functional groups attached to an aromatic ring is 1. The zero-order valence-electron chi connectivity index (χ0n) is 7.07. The number of nitro groups is 1. The summed E-state index contributed by atoms with van der Waals surface area (Å²) in [4.78, 5) is 9.95. The van der Waals surface area contributed by atoms with E-state index in [1.807, 2.05) is 0 Å². The lowest BCUT2D eigenvalue weighted by Gasteiger charge is -2.02. The number of nitrogens with zero attached hydrogens (tertiary/aromatic N) is 1. The fraction of sp³-hybridized carbons (Fsp3) is 0.125. The van der Waals surface area contributed by atoms with Gasteiger partial charge in [-0.2, -0.15) is 0 Å². The van der Waals surface area contributed by atoms with Crippen molar-refractivity contribution in [3.8, 4) is 0 Å². The van der Waals surface area contributed by atoms with Crippen LogP contribution in [0, 0.1) is 22.4 Å². The summed E-state index contributed by atoms with van der Waals surface area (Å²) in [7, 11) is 0. The van der Waals surface area contributed by atoms with Gasteiger partial charge in [0.05, 0.1) is 4.92 Å². The lowest BCUT2D eigenvalue weighted by atomic mass is 10.1. The minimum atomic E-state index is -0.546. The number of benzene rings is 1. The van der Waals surface area contributed by atoms with E-state index in [1.54, 1.807) is 13.0 Å². The molecular weight excluding hydrogens is 170 g/mol. The molecule has 0 aromatic heterocycles. The monoisotopic (exact) mass is 179 g/mol. The summed E-state index contributed by atoms with van der Waals surface area (Å²) >= 11 is 0. The lowest BCUT2D eigenvalue weighted by molar-refractivity contribution is -0.383. The number of nitrogens with two attached hydrogens (primary N) is 1. The molecule has 0 aliphatic rings.